The van der Waals surface area contributed by atoms with Crippen LogP contribution >= 0.6 is 0 Å². The van der Waals surface area contributed by atoms with Gasteiger partial charge in [-0.1, -0.05) is 0 Å². The van der Waals surface area contributed by atoms with Gasteiger partial charge in [0, 0.05) is 30.9 Å². The van der Waals surface area contributed by atoms with Crippen molar-refractivity contribution in [2.75, 3.05) is 36.9 Å². The van der Waals surface area contributed by atoms with Crippen LogP contribution in [0.25, 0.3) is 0 Å². The zero-order chi connectivity index (χ0) is 12.3. The van der Waals surface area contributed by atoms with Crippen LogP contribution in [0, 0.1) is 0 Å². The summed E-state index contributed by atoms with van der Waals surface area (Å²) >= 11 is 0. The molecule has 5 heteroatoms. The first-order chi connectivity index (χ1) is 8.15. The maximum atomic E-state index is 5.79. The quantitative estimate of drug-likeness (QED) is 0.858. The molecule has 1 aliphatic rings. The van der Waals surface area contributed by atoms with E-state index in [2.05, 4.69) is 9.88 Å². The third kappa shape index (κ3) is 3.23. The van der Waals surface area contributed by atoms with Crippen molar-refractivity contribution in [3.63, 3.8) is 0 Å². The van der Waals surface area contributed by atoms with E-state index in [-0.39, 0.29) is 6.10 Å². The smallest absolute Gasteiger partial charge is 0.217 e. The summed E-state index contributed by atoms with van der Waals surface area (Å²) in [7, 11) is 0. The van der Waals surface area contributed by atoms with Gasteiger partial charge < -0.3 is 20.1 Å². The summed E-state index contributed by atoms with van der Waals surface area (Å²) in [5.41, 5.74) is 6.85. The molecule has 0 unspecified atom stereocenters. The molecular formula is C12H19N3O2. The fraction of sp³-hybridized carbons (Fsp3) is 0.583. The molecule has 2 heterocycles. The van der Waals surface area contributed by atoms with Crippen LogP contribution in [0.3, 0.4) is 0 Å². The van der Waals surface area contributed by atoms with Gasteiger partial charge in [-0.3, -0.25) is 0 Å². The maximum absolute atomic E-state index is 5.79. The number of nitrogen functional groups attached to an aromatic ring is 1. The third-order valence-corrected chi connectivity index (χ3v) is 2.54. The average Bonchev–Trinajstić information content (AvgIpc) is 2.28. The van der Waals surface area contributed by atoms with Crippen LogP contribution in [0.1, 0.15) is 13.8 Å². The average molecular weight is 237 g/mol. The lowest BCUT2D eigenvalue weighted by molar-refractivity contribution is 0.122. The molecule has 1 fully saturated rings. The van der Waals surface area contributed by atoms with Crippen molar-refractivity contribution in [1.29, 1.82) is 0 Å². The number of nitrogens with zero attached hydrogens (tertiary/aromatic N) is 2. The number of ether oxygens (including phenoxy) is 2. The monoisotopic (exact) mass is 237 g/mol. The van der Waals surface area contributed by atoms with Crippen molar-refractivity contribution in [1.82, 2.24) is 4.98 Å². The molecule has 0 radical (unpaired) electrons. The minimum atomic E-state index is 0.0989. The lowest BCUT2D eigenvalue weighted by Gasteiger charge is -2.29. The summed E-state index contributed by atoms with van der Waals surface area (Å²) in [6.45, 7) is 7.21. The van der Waals surface area contributed by atoms with Crippen LogP contribution in [-0.4, -0.2) is 37.4 Å². The zero-order valence-corrected chi connectivity index (χ0v) is 10.3. The van der Waals surface area contributed by atoms with Crippen LogP contribution in [0.4, 0.5) is 11.5 Å². The molecule has 0 saturated carbocycles. The van der Waals surface area contributed by atoms with Gasteiger partial charge in [-0.25, -0.2) is 0 Å². The minimum absolute atomic E-state index is 0.0989. The van der Waals surface area contributed by atoms with Crippen molar-refractivity contribution in [2.24, 2.45) is 0 Å². The molecule has 5 nitrogen and oxygen atoms in total. The van der Waals surface area contributed by atoms with Gasteiger partial charge in [0.2, 0.25) is 5.88 Å². The van der Waals surface area contributed by atoms with E-state index < -0.39 is 0 Å². The van der Waals surface area contributed by atoms with Gasteiger partial charge in [0.25, 0.3) is 0 Å². The van der Waals surface area contributed by atoms with E-state index in [1.54, 1.807) is 0 Å². The van der Waals surface area contributed by atoms with Gasteiger partial charge in [0.15, 0.2) is 0 Å². The summed E-state index contributed by atoms with van der Waals surface area (Å²) in [6, 6.07) is 3.81. The van der Waals surface area contributed by atoms with Crippen LogP contribution in [0.15, 0.2) is 12.1 Å². The van der Waals surface area contributed by atoms with Crippen molar-refractivity contribution >= 4 is 11.5 Å². The highest BCUT2D eigenvalue weighted by molar-refractivity contribution is 5.55. The van der Waals surface area contributed by atoms with Crippen LogP contribution in [0.2, 0.25) is 0 Å². The standard InChI is InChI=1S/C12H19N3O2/c1-9(2)17-12-8-10(7-11(13)14-12)15-3-5-16-6-4-15/h7-9H,3-6H2,1-2H3,(H2,13,14). The highest BCUT2D eigenvalue weighted by Crippen LogP contribution is 2.23. The molecule has 0 spiro atoms. The van der Waals surface area contributed by atoms with E-state index in [9.17, 15) is 0 Å². The Labute approximate surface area is 102 Å². The summed E-state index contributed by atoms with van der Waals surface area (Å²) in [5, 5.41) is 0. The number of aromatic nitrogens is 1. The fourth-order valence-electron chi connectivity index (χ4n) is 1.82. The van der Waals surface area contributed by atoms with Crippen LogP contribution in [0.5, 0.6) is 5.88 Å². The first-order valence-corrected chi connectivity index (χ1v) is 5.92. The summed E-state index contributed by atoms with van der Waals surface area (Å²) in [5.74, 6) is 1.08. The molecule has 1 aliphatic heterocycles. The molecule has 1 aromatic heterocycles. The Balaban J connectivity index is 2.18. The number of morpholine rings is 1. The summed E-state index contributed by atoms with van der Waals surface area (Å²) in [6.07, 6.45) is 0.0989. The van der Waals surface area contributed by atoms with Crippen molar-refractivity contribution in [3.05, 3.63) is 12.1 Å². The van der Waals surface area contributed by atoms with Crippen molar-refractivity contribution in [2.45, 2.75) is 20.0 Å². The van der Waals surface area contributed by atoms with Gasteiger partial charge in [-0.2, -0.15) is 4.98 Å². The predicted molar refractivity (Wildman–Crippen MR) is 67.4 cm³/mol. The number of pyridine rings is 1. The predicted octanol–water partition coefficient (Wildman–Crippen LogP) is 1.29. The number of hydrogen-bond donors (Lipinski definition) is 1. The molecule has 1 aromatic rings. The molecular weight excluding hydrogens is 218 g/mol. The van der Waals surface area contributed by atoms with E-state index in [0.717, 1.165) is 32.0 Å². The Hall–Kier alpha value is -1.49. The lowest BCUT2D eigenvalue weighted by Crippen LogP contribution is -2.36. The highest BCUT2D eigenvalue weighted by Gasteiger charge is 2.13. The van der Waals surface area contributed by atoms with Gasteiger partial charge in [0.1, 0.15) is 5.82 Å². The Morgan fingerprint density at radius 3 is 2.71 bits per heavy atom. The lowest BCUT2D eigenvalue weighted by atomic mass is 10.3. The highest BCUT2D eigenvalue weighted by atomic mass is 16.5. The van der Waals surface area contributed by atoms with Crippen molar-refractivity contribution < 1.29 is 9.47 Å². The molecule has 94 valence electrons. The minimum Gasteiger partial charge on any atom is -0.475 e. The summed E-state index contributed by atoms with van der Waals surface area (Å²) in [4.78, 5) is 6.40. The van der Waals surface area contributed by atoms with Gasteiger partial charge in [-0.05, 0) is 13.8 Å². The van der Waals surface area contributed by atoms with Gasteiger partial charge >= 0.3 is 0 Å². The SMILES string of the molecule is CC(C)Oc1cc(N2CCOCC2)cc(N)n1. The first kappa shape index (κ1) is 12.0. The molecule has 0 amide bonds. The molecule has 2 N–H and O–H groups in total. The fourth-order valence-corrected chi connectivity index (χ4v) is 1.82. The van der Waals surface area contributed by atoms with E-state index in [1.807, 2.05) is 26.0 Å². The van der Waals surface area contributed by atoms with E-state index in [0.29, 0.717) is 11.7 Å². The molecule has 0 aliphatic carbocycles. The molecule has 0 atom stereocenters. The number of rotatable bonds is 3. The zero-order valence-electron chi connectivity index (χ0n) is 10.3. The van der Waals surface area contributed by atoms with E-state index in [4.69, 9.17) is 15.2 Å². The van der Waals surface area contributed by atoms with E-state index in [1.165, 1.54) is 0 Å². The second kappa shape index (κ2) is 5.23. The number of anilines is 2. The van der Waals surface area contributed by atoms with Gasteiger partial charge in [-0.15, -0.1) is 0 Å². The van der Waals surface area contributed by atoms with Gasteiger partial charge in [0.05, 0.1) is 19.3 Å². The molecule has 17 heavy (non-hydrogen) atoms. The molecule has 2 rings (SSSR count). The van der Waals surface area contributed by atoms with E-state index >= 15 is 0 Å². The Kier molecular flexibility index (Phi) is 3.68. The van der Waals surface area contributed by atoms with Crippen molar-refractivity contribution in [3.8, 4) is 5.88 Å². The molecule has 0 aromatic carbocycles. The summed E-state index contributed by atoms with van der Waals surface area (Å²) < 4.78 is 10.9. The largest absolute Gasteiger partial charge is 0.475 e. The van der Waals surface area contributed by atoms with Crippen LogP contribution < -0.4 is 15.4 Å². The maximum Gasteiger partial charge on any atom is 0.217 e. The Bertz CT molecular complexity index is 376. The Morgan fingerprint density at radius 2 is 2.06 bits per heavy atom. The van der Waals surface area contributed by atoms with Crippen LogP contribution in [-0.2, 0) is 4.74 Å². The normalized spacial score (nSPS) is 16.3. The molecule has 0 bridgehead atoms. The second-order valence-electron chi connectivity index (χ2n) is 4.35. The second-order valence-corrected chi connectivity index (χ2v) is 4.35. The first-order valence-electron chi connectivity index (χ1n) is 5.92. The number of hydrogen-bond acceptors (Lipinski definition) is 5. The Morgan fingerprint density at radius 1 is 1.35 bits per heavy atom. The number of nitrogens with two attached hydrogens (primary N) is 1. The topological polar surface area (TPSA) is 60.6 Å². The molecule has 1 saturated heterocycles. The third-order valence-electron chi connectivity index (χ3n) is 2.54.